The molecule has 0 aliphatic carbocycles. The predicted molar refractivity (Wildman–Crippen MR) is 135 cm³/mol. The lowest BCUT2D eigenvalue weighted by Gasteiger charge is -2.17. The van der Waals surface area contributed by atoms with E-state index in [1.165, 1.54) is 0 Å². The Balaban J connectivity index is 1.75. The summed E-state index contributed by atoms with van der Waals surface area (Å²) in [5, 5.41) is 4.82. The molecular formula is C27H26BN3O2. The third kappa shape index (κ3) is 5.41. The standard InChI is InChI=1S/C27H26BN3O2/c1-4-10-21(2)20-28(23-14-16-24(32-3)17-15-23)33-27-19-25(22-11-6-5-7-12-22)30-31(27)26-13-8-9-18-29-26/h4-19H,1,20H2,2-3H3/b21-10+. The molecule has 0 unspecified atom stereocenters. The van der Waals surface area contributed by atoms with Crippen LogP contribution in [0.4, 0.5) is 0 Å². The van der Waals surface area contributed by atoms with Crippen molar-refractivity contribution in [1.82, 2.24) is 14.8 Å². The van der Waals surface area contributed by atoms with Gasteiger partial charge in [-0.05, 0) is 43.0 Å². The molecule has 6 heteroatoms. The van der Waals surface area contributed by atoms with E-state index in [0.717, 1.165) is 28.0 Å². The van der Waals surface area contributed by atoms with Gasteiger partial charge in [-0.3, -0.25) is 0 Å². The molecule has 4 rings (SSSR count). The van der Waals surface area contributed by atoms with Crippen molar-refractivity contribution >= 4 is 12.4 Å². The van der Waals surface area contributed by atoms with E-state index >= 15 is 0 Å². The maximum atomic E-state index is 6.62. The van der Waals surface area contributed by atoms with Gasteiger partial charge in [0.2, 0.25) is 5.88 Å². The Bertz CT molecular complexity index is 1220. The van der Waals surface area contributed by atoms with Crippen LogP contribution in [0, 0.1) is 0 Å². The number of ether oxygens (including phenoxy) is 1. The highest BCUT2D eigenvalue weighted by Gasteiger charge is 2.25. The van der Waals surface area contributed by atoms with Gasteiger partial charge in [-0.1, -0.05) is 72.8 Å². The van der Waals surface area contributed by atoms with Gasteiger partial charge in [0.05, 0.1) is 12.8 Å². The van der Waals surface area contributed by atoms with Gasteiger partial charge < -0.3 is 9.39 Å². The molecule has 164 valence electrons. The monoisotopic (exact) mass is 435 g/mol. The fourth-order valence-corrected chi connectivity index (χ4v) is 3.59. The highest BCUT2D eigenvalue weighted by atomic mass is 16.5. The Morgan fingerprint density at radius 2 is 1.79 bits per heavy atom. The van der Waals surface area contributed by atoms with Crippen LogP contribution in [-0.2, 0) is 0 Å². The van der Waals surface area contributed by atoms with Gasteiger partial charge in [0.25, 0.3) is 0 Å². The van der Waals surface area contributed by atoms with Crippen LogP contribution in [0.2, 0.25) is 6.32 Å². The lowest BCUT2D eigenvalue weighted by Crippen LogP contribution is -2.37. The second kappa shape index (κ2) is 10.5. The summed E-state index contributed by atoms with van der Waals surface area (Å²) in [5.74, 6) is 2.13. The fraction of sp³-hybridized carbons (Fsp3) is 0.111. The normalized spacial score (nSPS) is 11.2. The molecule has 4 aromatic rings. The minimum absolute atomic E-state index is 0.227. The first kappa shape index (κ1) is 22.2. The van der Waals surface area contributed by atoms with Gasteiger partial charge in [-0.15, -0.1) is 0 Å². The maximum Gasteiger partial charge on any atom is 0.397 e. The Labute approximate surface area is 195 Å². The molecule has 2 aromatic heterocycles. The Morgan fingerprint density at radius 1 is 1.03 bits per heavy atom. The molecule has 0 fully saturated rings. The van der Waals surface area contributed by atoms with Crippen molar-refractivity contribution in [3.8, 4) is 28.7 Å². The molecule has 2 heterocycles. The first-order chi connectivity index (χ1) is 16.2. The summed E-state index contributed by atoms with van der Waals surface area (Å²) in [7, 11) is 1.66. The van der Waals surface area contributed by atoms with Crippen LogP contribution < -0.4 is 14.9 Å². The topological polar surface area (TPSA) is 49.2 Å². The molecule has 33 heavy (non-hydrogen) atoms. The molecule has 0 bridgehead atoms. The molecule has 5 nitrogen and oxygen atoms in total. The molecule has 0 N–H and O–H groups in total. The van der Waals surface area contributed by atoms with E-state index in [1.54, 1.807) is 24.1 Å². The van der Waals surface area contributed by atoms with Crippen molar-refractivity contribution in [3.63, 3.8) is 0 Å². The number of hydrogen-bond acceptors (Lipinski definition) is 4. The van der Waals surface area contributed by atoms with E-state index < -0.39 is 0 Å². The summed E-state index contributed by atoms with van der Waals surface area (Å²) in [6.07, 6.45) is 6.25. The second-order valence-electron chi connectivity index (χ2n) is 7.67. The highest BCUT2D eigenvalue weighted by Crippen LogP contribution is 2.27. The lowest BCUT2D eigenvalue weighted by atomic mass is 9.56. The van der Waals surface area contributed by atoms with Crippen LogP contribution in [0.3, 0.4) is 0 Å². The van der Waals surface area contributed by atoms with Crippen LogP contribution in [0.1, 0.15) is 6.92 Å². The zero-order valence-electron chi connectivity index (χ0n) is 18.9. The van der Waals surface area contributed by atoms with Crippen LogP contribution in [0.15, 0.2) is 109 Å². The Hall–Kier alpha value is -4.06. The number of pyridine rings is 1. The SMILES string of the molecule is C=C/C=C(\C)CB(Oc1cc(-c2ccccc2)nn1-c1ccccn1)c1ccc(OC)cc1. The highest BCUT2D eigenvalue weighted by molar-refractivity contribution is 6.68. The zero-order chi connectivity index (χ0) is 23.0. The van der Waals surface area contributed by atoms with E-state index in [2.05, 4.69) is 18.5 Å². The largest absolute Gasteiger partial charge is 0.542 e. The maximum absolute atomic E-state index is 6.62. The molecule has 0 spiro atoms. The summed E-state index contributed by atoms with van der Waals surface area (Å²) in [6, 6.07) is 25.7. The molecule has 0 aliphatic rings. The molecule has 0 saturated carbocycles. The summed E-state index contributed by atoms with van der Waals surface area (Å²) >= 11 is 0. The average molecular weight is 435 g/mol. The molecule has 2 aromatic carbocycles. The molecule has 0 saturated heterocycles. The third-order valence-corrected chi connectivity index (χ3v) is 5.27. The summed E-state index contributed by atoms with van der Waals surface area (Å²) in [4.78, 5) is 4.49. The minimum atomic E-state index is -0.227. The molecule has 0 amide bonds. The van der Waals surface area contributed by atoms with Crippen molar-refractivity contribution in [2.75, 3.05) is 7.11 Å². The number of allylic oxidation sites excluding steroid dienone is 3. The summed E-state index contributed by atoms with van der Waals surface area (Å²) < 4.78 is 13.7. The van der Waals surface area contributed by atoms with Gasteiger partial charge in [0.15, 0.2) is 5.82 Å². The third-order valence-electron chi connectivity index (χ3n) is 5.27. The molecule has 0 aliphatic heterocycles. The lowest BCUT2D eigenvalue weighted by molar-refractivity contribution is 0.415. The van der Waals surface area contributed by atoms with E-state index in [1.807, 2.05) is 84.9 Å². The Morgan fingerprint density at radius 3 is 2.45 bits per heavy atom. The van der Waals surface area contributed by atoms with E-state index in [4.69, 9.17) is 14.5 Å². The van der Waals surface area contributed by atoms with Crippen molar-refractivity contribution in [2.45, 2.75) is 13.2 Å². The van der Waals surface area contributed by atoms with Gasteiger partial charge in [0.1, 0.15) is 5.75 Å². The molecular weight excluding hydrogens is 409 g/mol. The van der Waals surface area contributed by atoms with Crippen molar-refractivity contribution in [3.05, 3.63) is 109 Å². The van der Waals surface area contributed by atoms with Crippen molar-refractivity contribution < 1.29 is 9.39 Å². The summed E-state index contributed by atoms with van der Waals surface area (Å²) in [6.45, 7) is 5.67. The van der Waals surface area contributed by atoms with Gasteiger partial charge in [0, 0.05) is 17.8 Å². The smallest absolute Gasteiger partial charge is 0.397 e. The van der Waals surface area contributed by atoms with E-state index in [9.17, 15) is 0 Å². The van der Waals surface area contributed by atoms with Crippen molar-refractivity contribution in [1.29, 1.82) is 0 Å². The average Bonchev–Trinajstić information content (AvgIpc) is 3.29. The van der Waals surface area contributed by atoms with Gasteiger partial charge >= 0.3 is 6.92 Å². The van der Waals surface area contributed by atoms with E-state index in [0.29, 0.717) is 18.0 Å². The number of hydrogen-bond donors (Lipinski definition) is 0. The number of rotatable bonds is 9. The fourth-order valence-electron chi connectivity index (χ4n) is 3.59. The van der Waals surface area contributed by atoms with Gasteiger partial charge in [-0.2, -0.15) is 9.78 Å². The first-order valence-electron chi connectivity index (χ1n) is 10.8. The van der Waals surface area contributed by atoms with Gasteiger partial charge in [-0.25, -0.2) is 4.98 Å². The Kier molecular flexibility index (Phi) is 7.05. The minimum Gasteiger partial charge on any atom is -0.542 e. The quantitative estimate of drug-likeness (QED) is 0.263. The van der Waals surface area contributed by atoms with E-state index in [-0.39, 0.29) is 6.92 Å². The number of nitrogens with zero attached hydrogens (tertiary/aromatic N) is 3. The molecule has 0 radical (unpaired) electrons. The second-order valence-corrected chi connectivity index (χ2v) is 7.67. The van der Waals surface area contributed by atoms with Crippen LogP contribution in [0.25, 0.3) is 17.1 Å². The number of methoxy groups -OCH3 is 1. The van der Waals surface area contributed by atoms with Crippen LogP contribution in [-0.4, -0.2) is 28.8 Å². The summed E-state index contributed by atoms with van der Waals surface area (Å²) in [5.41, 5.74) is 4.05. The predicted octanol–water partition coefficient (Wildman–Crippen LogP) is 5.35. The molecule has 0 atom stereocenters. The number of benzene rings is 2. The zero-order valence-corrected chi connectivity index (χ0v) is 18.9. The number of aromatic nitrogens is 3. The first-order valence-corrected chi connectivity index (χ1v) is 10.8. The van der Waals surface area contributed by atoms with Crippen LogP contribution in [0.5, 0.6) is 11.6 Å². The van der Waals surface area contributed by atoms with Crippen LogP contribution >= 0.6 is 0 Å². The van der Waals surface area contributed by atoms with Crippen molar-refractivity contribution in [2.24, 2.45) is 0 Å².